The molecule has 0 aliphatic heterocycles. The van der Waals surface area contributed by atoms with Gasteiger partial charge in [-0.25, -0.2) is 8.78 Å². The average molecular weight is 240 g/mol. The number of rotatable bonds is 3. The molecule has 0 bridgehead atoms. The Bertz CT molecular complexity index is 386. The Morgan fingerprint density at radius 2 is 1.88 bits per heavy atom. The first-order valence-corrected chi connectivity index (χ1v) is 3.97. The molecule has 0 atom stereocenters. The van der Waals surface area contributed by atoms with Gasteiger partial charge < -0.3 is 4.74 Å². The molecule has 0 spiro atoms. The monoisotopic (exact) mass is 240 g/mol. The molecule has 0 fully saturated rings. The van der Waals surface area contributed by atoms with Gasteiger partial charge in [0.2, 0.25) is 0 Å². The number of benzene rings is 1. The third kappa shape index (κ3) is 2.91. The zero-order chi connectivity index (χ0) is 12.3. The van der Waals surface area contributed by atoms with Gasteiger partial charge in [0.1, 0.15) is 5.75 Å². The van der Waals surface area contributed by atoms with Gasteiger partial charge in [-0.3, -0.25) is 4.79 Å². The molecule has 7 heteroatoms. The average Bonchev–Trinajstić information content (AvgIpc) is 2.14. The molecule has 0 aliphatic rings. The Morgan fingerprint density at radius 3 is 2.31 bits per heavy atom. The summed E-state index contributed by atoms with van der Waals surface area (Å²) in [6.45, 7) is 0. The van der Waals surface area contributed by atoms with Gasteiger partial charge in [0.15, 0.2) is 6.29 Å². The highest BCUT2D eigenvalue weighted by Gasteiger charge is 2.33. The Labute approximate surface area is 86.6 Å². The molecule has 2 nitrogen and oxygen atoms in total. The summed E-state index contributed by atoms with van der Waals surface area (Å²) in [6, 6.07) is 2.73. The van der Waals surface area contributed by atoms with Gasteiger partial charge in [-0.05, 0) is 6.07 Å². The zero-order valence-electron chi connectivity index (χ0n) is 7.59. The predicted molar refractivity (Wildman–Crippen MR) is 43.5 cm³/mol. The maximum absolute atomic E-state index is 12.4. The van der Waals surface area contributed by atoms with Crippen LogP contribution in [0.2, 0.25) is 0 Å². The van der Waals surface area contributed by atoms with Crippen LogP contribution < -0.4 is 4.74 Å². The minimum atomic E-state index is -5.08. The van der Waals surface area contributed by atoms with E-state index in [1.54, 1.807) is 0 Å². The largest absolute Gasteiger partial charge is 0.573 e. The van der Waals surface area contributed by atoms with E-state index in [1.165, 1.54) is 0 Å². The van der Waals surface area contributed by atoms with Gasteiger partial charge in [-0.15, -0.1) is 13.2 Å². The van der Waals surface area contributed by atoms with E-state index in [2.05, 4.69) is 4.74 Å². The number of carbonyl (C=O) groups excluding carboxylic acids is 1. The Kier molecular flexibility index (Phi) is 3.46. The van der Waals surface area contributed by atoms with E-state index in [0.717, 1.165) is 18.2 Å². The third-order valence-corrected chi connectivity index (χ3v) is 1.67. The smallest absolute Gasteiger partial charge is 0.405 e. The van der Waals surface area contributed by atoms with Gasteiger partial charge in [-0.1, -0.05) is 12.1 Å². The van der Waals surface area contributed by atoms with E-state index >= 15 is 0 Å². The van der Waals surface area contributed by atoms with Crippen LogP contribution in [0.1, 0.15) is 22.3 Å². The first-order chi connectivity index (χ1) is 7.35. The lowest BCUT2D eigenvalue weighted by Crippen LogP contribution is -2.18. The molecule has 1 aromatic carbocycles. The van der Waals surface area contributed by atoms with Crippen LogP contribution in [0.5, 0.6) is 5.75 Å². The molecule has 0 saturated heterocycles. The van der Waals surface area contributed by atoms with Gasteiger partial charge >= 0.3 is 6.36 Å². The van der Waals surface area contributed by atoms with E-state index < -0.39 is 29.7 Å². The fraction of sp³-hybridized carbons (Fsp3) is 0.222. The summed E-state index contributed by atoms with van der Waals surface area (Å²) in [4.78, 5) is 10.4. The molecular formula is C9H5F5O2. The van der Waals surface area contributed by atoms with Crippen molar-refractivity contribution in [3.63, 3.8) is 0 Å². The first kappa shape index (κ1) is 12.4. The number of ether oxygens (including phenoxy) is 1. The van der Waals surface area contributed by atoms with E-state index in [4.69, 9.17) is 0 Å². The van der Waals surface area contributed by atoms with Crippen molar-refractivity contribution in [1.82, 2.24) is 0 Å². The van der Waals surface area contributed by atoms with Crippen LogP contribution in [0.15, 0.2) is 18.2 Å². The Morgan fingerprint density at radius 1 is 1.25 bits per heavy atom. The molecule has 0 saturated carbocycles. The first-order valence-electron chi connectivity index (χ1n) is 3.97. The van der Waals surface area contributed by atoms with Crippen molar-refractivity contribution in [2.24, 2.45) is 0 Å². The summed E-state index contributed by atoms with van der Waals surface area (Å²) in [5.41, 5.74) is -1.59. The summed E-state index contributed by atoms with van der Waals surface area (Å²) in [7, 11) is 0. The Balaban J connectivity index is 3.22. The predicted octanol–water partition coefficient (Wildman–Crippen LogP) is 3.34. The summed E-state index contributed by atoms with van der Waals surface area (Å²) in [6.07, 6.45) is -8.26. The molecule has 0 heterocycles. The lowest BCUT2D eigenvalue weighted by atomic mass is 10.1. The molecule has 0 aromatic heterocycles. The summed E-state index contributed by atoms with van der Waals surface area (Å²) >= 11 is 0. The number of aldehydes is 1. The molecule has 0 aliphatic carbocycles. The van der Waals surface area contributed by atoms with E-state index in [-0.39, 0.29) is 6.29 Å². The second-order valence-electron chi connectivity index (χ2n) is 2.73. The molecule has 1 aromatic rings. The molecule has 0 N–H and O–H groups in total. The molecule has 16 heavy (non-hydrogen) atoms. The number of hydrogen-bond donors (Lipinski definition) is 0. The van der Waals surface area contributed by atoms with Crippen molar-refractivity contribution in [2.75, 3.05) is 0 Å². The van der Waals surface area contributed by atoms with Crippen molar-refractivity contribution >= 4 is 6.29 Å². The van der Waals surface area contributed by atoms with Crippen LogP contribution in [0, 0.1) is 0 Å². The van der Waals surface area contributed by atoms with E-state index in [1.807, 2.05) is 0 Å². The number of halogens is 5. The summed E-state index contributed by atoms with van der Waals surface area (Å²) in [5.74, 6) is -1.06. The van der Waals surface area contributed by atoms with Crippen LogP contribution in [0.4, 0.5) is 22.0 Å². The maximum Gasteiger partial charge on any atom is 0.573 e. The standard InChI is InChI=1S/C9H5F5O2/c10-8(11)7-5(4-15)2-1-3-6(7)16-9(12,13)14/h1-4,8H. The fourth-order valence-electron chi connectivity index (χ4n) is 1.11. The molecule has 0 amide bonds. The van der Waals surface area contributed by atoms with Gasteiger partial charge in [0, 0.05) is 5.56 Å². The molecule has 0 unspecified atom stereocenters. The number of carbonyl (C=O) groups is 1. The second-order valence-corrected chi connectivity index (χ2v) is 2.73. The summed E-state index contributed by atoms with van der Waals surface area (Å²) < 4.78 is 63.9. The van der Waals surface area contributed by atoms with Crippen molar-refractivity contribution in [3.05, 3.63) is 29.3 Å². The lowest BCUT2D eigenvalue weighted by Gasteiger charge is -2.13. The second kappa shape index (κ2) is 4.46. The van der Waals surface area contributed by atoms with Crippen molar-refractivity contribution in [3.8, 4) is 5.75 Å². The Hall–Kier alpha value is -1.66. The van der Waals surface area contributed by atoms with E-state index in [9.17, 15) is 26.7 Å². The fourth-order valence-corrected chi connectivity index (χ4v) is 1.11. The molecule has 0 radical (unpaired) electrons. The SMILES string of the molecule is O=Cc1cccc(OC(F)(F)F)c1C(F)F. The van der Waals surface area contributed by atoms with Gasteiger partial charge in [-0.2, -0.15) is 0 Å². The summed E-state index contributed by atoms with van der Waals surface area (Å²) in [5, 5.41) is 0. The van der Waals surface area contributed by atoms with E-state index in [0.29, 0.717) is 0 Å². The highest BCUT2D eigenvalue weighted by atomic mass is 19.4. The van der Waals surface area contributed by atoms with Crippen molar-refractivity contribution in [2.45, 2.75) is 12.8 Å². The highest BCUT2D eigenvalue weighted by molar-refractivity contribution is 5.78. The normalized spacial score (nSPS) is 11.6. The number of alkyl halides is 5. The highest BCUT2D eigenvalue weighted by Crippen LogP contribution is 2.34. The minimum Gasteiger partial charge on any atom is -0.405 e. The number of hydrogen-bond acceptors (Lipinski definition) is 2. The van der Waals surface area contributed by atoms with Crippen LogP contribution >= 0.6 is 0 Å². The maximum atomic E-state index is 12.4. The van der Waals surface area contributed by atoms with Crippen LogP contribution in [0.25, 0.3) is 0 Å². The van der Waals surface area contributed by atoms with Crippen LogP contribution in [0.3, 0.4) is 0 Å². The third-order valence-electron chi connectivity index (χ3n) is 1.67. The van der Waals surface area contributed by atoms with Gasteiger partial charge in [0.25, 0.3) is 6.43 Å². The minimum absolute atomic E-state index is 0.0464. The van der Waals surface area contributed by atoms with Crippen LogP contribution in [-0.2, 0) is 0 Å². The van der Waals surface area contributed by atoms with Gasteiger partial charge in [0.05, 0.1) is 5.56 Å². The molecular weight excluding hydrogens is 235 g/mol. The van der Waals surface area contributed by atoms with Crippen molar-refractivity contribution < 1.29 is 31.5 Å². The molecule has 1 rings (SSSR count). The lowest BCUT2D eigenvalue weighted by molar-refractivity contribution is -0.275. The van der Waals surface area contributed by atoms with Crippen LogP contribution in [-0.4, -0.2) is 12.6 Å². The molecule has 88 valence electrons. The topological polar surface area (TPSA) is 26.3 Å². The quantitative estimate of drug-likeness (QED) is 0.598. The zero-order valence-corrected chi connectivity index (χ0v) is 7.59. The van der Waals surface area contributed by atoms with Crippen molar-refractivity contribution in [1.29, 1.82) is 0 Å².